The average molecular weight is 340 g/mol. The summed E-state index contributed by atoms with van der Waals surface area (Å²) in [6, 6.07) is -0.162. The van der Waals surface area contributed by atoms with Gasteiger partial charge in [-0.1, -0.05) is 16.9 Å². The highest BCUT2D eigenvalue weighted by Crippen LogP contribution is 2.26. The molecule has 22 heavy (non-hydrogen) atoms. The summed E-state index contributed by atoms with van der Waals surface area (Å²) in [5, 5.41) is 7.80. The van der Waals surface area contributed by atoms with E-state index in [1.165, 1.54) is 23.3 Å². The van der Waals surface area contributed by atoms with Gasteiger partial charge in [-0.2, -0.15) is 14.3 Å². The molecule has 118 valence electrons. The van der Waals surface area contributed by atoms with Crippen LogP contribution in [-0.4, -0.2) is 49.8 Å². The minimum absolute atomic E-state index is 0.0943. The number of anilines is 1. The Morgan fingerprint density at radius 3 is 3.05 bits per heavy atom. The van der Waals surface area contributed by atoms with Gasteiger partial charge in [-0.05, 0) is 26.0 Å². The summed E-state index contributed by atoms with van der Waals surface area (Å²) in [5.41, 5.74) is 0. The molecule has 0 aromatic carbocycles. The molecule has 0 spiro atoms. The van der Waals surface area contributed by atoms with Crippen LogP contribution in [0.4, 0.5) is 9.93 Å². The normalized spacial score (nSPS) is 18.5. The molecular weight excluding hydrogens is 324 g/mol. The largest absolute Gasteiger partial charge is 0.339 e. The van der Waals surface area contributed by atoms with Gasteiger partial charge in [-0.25, -0.2) is 4.79 Å². The van der Waals surface area contributed by atoms with E-state index in [2.05, 4.69) is 24.8 Å². The summed E-state index contributed by atoms with van der Waals surface area (Å²) in [4.78, 5) is 22.6. The number of rotatable bonds is 3. The van der Waals surface area contributed by atoms with E-state index in [0.29, 0.717) is 35.1 Å². The van der Waals surface area contributed by atoms with Gasteiger partial charge >= 0.3 is 6.03 Å². The van der Waals surface area contributed by atoms with Crippen LogP contribution in [-0.2, 0) is 0 Å². The molecule has 3 heterocycles. The zero-order valence-electron chi connectivity index (χ0n) is 12.3. The van der Waals surface area contributed by atoms with E-state index in [1.807, 2.05) is 6.26 Å². The highest BCUT2D eigenvalue weighted by molar-refractivity contribution is 7.98. The molecule has 0 radical (unpaired) electrons. The molecule has 1 atom stereocenters. The predicted molar refractivity (Wildman–Crippen MR) is 83.3 cm³/mol. The minimum Gasteiger partial charge on any atom is -0.339 e. The molecule has 2 aromatic heterocycles. The van der Waals surface area contributed by atoms with Gasteiger partial charge in [0.25, 0.3) is 0 Å². The number of thioether (sulfide) groups is 1. The minimum atomic E-state index is -0.162. The van der Waals surface area contributed by atoms with Crippen LogP contribution in [0, 0.1) is 6.92 Å². The Balaban J connectivity index is 1.62. The van der Waals surface area contributed by atoms with Gasteiger partial charge in [0, 0.05) is 24.6 Å². The topological polar surface area (TPSA) is 97.0 Å². The molecule has 0 bridgehead atoms. The van der Waals surface area contributed by atoms with E-state index < -0.39 is 0 Å². The number of piperidine rings is 1. The number of hydrogen-bond donors (Lipinski definition) is 1. The number of aromatic nitrogens is 4. The van der Waals surface area contributed by atoms with Gasteiger partial charge in [0.15, 0.2) is 5.82 Å². The third-order valence-corrected chi connectivity index (χ3v) is 4.70. The number of urea groups is 1. The zero-order valence-corrected chi connectivity index (χ0v) is 13.9. The summed E-state index contributed by atoms with van der Waals surface area (Å²) in [6.07, 6.45) is 3.75. The molecule has 1 N–H and O–H groups in total. The van der Waals surface area contributed by atoms with Crippen molar-refractivity contribution < 1.29 is 9.32 Å². The van der Waals surface area contributed by atoms with Crippen LogP contribution in [0.25, 0.3) is 0 Å². The van der Waals surface area contributed by atoms with Crippen molar-refractivity contribution in [1.82, 2.24) is 24.4 Å². The Morgan fingerprint density at radius 2 is 2.36 bits per heavy atom. The van der Waals surface area contributed by atoms with Gasteiger partial charge in [0.2, 0.25) is 16.2 Å². The molecular formula is C12H16N6O2S2. The second kappa shape index (κ2) is 6.61. The number of nitrogens with one attached hydrogen (secondary N) is 1. The average Bonchev–Trinajstić information content (AvgIpc) is 3.16. The van der Waals surface area contributed by atoms with E-state index in [0.717, 1.165) is 12.8 Å². The van der Waals surface area contributed by atoms with Crippen molar-refractivity contribution >= 4 is 34.5 Å². The van der Waals surface area contributed by atoms with Crippen LogP contribution in [0.5, 0.6) is 0 Å². The number of hydrogen-bond acceptors (Lipinski definition) is 8. The monoisotopic (exact) mass is 340 g/mol. The molecule has 0 unspecified atom stereocenters. The van der Waals surface area contributed by atoms with Crippen molar-refractivity contribution in [1.29, 1.82) is 0 Å². The number of aryl methyl sites for hydroxylation is 1. The Labute approximate surface area is 135 Å². The maximum absolute atomic E-state index is 12.3. The Bertz CT molecular complexity index is 658. The van der Waals surface area contributed by atoms with E-state index in [-0.39, 0.29) is 11.9 Å². The summed E-state index contributed by atoms with van der Waals surface area (Å²) in [6.45, 7) is 3.07. The van der Waals surface area contributed by atoms with Gasteiger partial charge in [0.05, 0.1) is 5.92 Å². The van der Waals surface area contributed by atoms with Crippen molar-refractivity contribution in [2.24, 2.45) is 0 Å². The van der Waals surface area contributed by atoms with Crippen LogP contribution < -0.4 is 5.32 Å². The molecule has 10 heteroatoms. The molecule has 0 aliphatic carbocycles. The first-order chi connectivity index (χ1) is 10.7. The summed E-state index contributed by atoms with van der Waals surface area (Å²) in [5.74, 6) is 1.32. The van der Waals surface area contributed by atoms with Gasteiger partial charge in [-0.15, -0.1) is 0 Å². The highest BCUT2D eigenvalue weighted by atomic mass is 32.2. The number of carbonyl (C=O) groups is 1. The first-order valence-electron chi connectivity index (χ1n) is 6.89. The Morgan fingerprint density at radius 1 is 1.50 bits per heavy atom. The highest BCUT2D eigenvalue weighted by Gasteiger charge is 2.28. The summed E-state index contributed by atoms with van der Waals surface area (Å²) >= 11 is 2.63. The smallest absolute Gasteiger partial charge is 0.323 e. The standard InChI is InChI=1S/C12H16N6O2S2/c1-7-13-9(20-16-7)8-4-3-5-18(6-8)12(19)15-10-14-11(21-2)17-22-10/h8H,3-6H2,1-2H3,(H,14,15,17,19)/t8-/m1/s1. The quantitative estimate of drug-likeness (QED) is 0.857. The van der Waals surface area contributed by atoms with Crippen molar-refractivity contribution in [3.05, 3.63) is 11.7 Å². The molecule has 0 saturated carbocycles. The van der Waals surface area contributed by atoms with Crippen LogP contribution >= 0.6 is 23.3 Å². The first-order valence-corrected chi connectivity index (χ1v) is 8.89. The van der Waals surface area contributed by atoms with E-state index in [9.17, 15) is 4.79 Å². The Kier molecular flexibility index (Phi) is 4.57. The fraction of sp³-hybridized carbons (Fsp3) is 0.583. The number of nitrogens with zero attached hydrogens (tertiary/aromatic N) is 5. The molecule has 1 fully saturated rings. The zero-order chi connectivity index (χ0) is 15.5. The maximum atomic E-state index is 12.3. The van der Waals surface area contributed by atoms with Crippen molar-refractivity contribution in [2.45, 2.75) is 30.8 Å². The van der Waals surface area contributed by atoms with Crippen molar-refractivity contribution in [3.63, 3.8) is 0 Å². The molecule has 1 saturated heterocycles. The maximum Gasteiger partial charge on any atom is 0.323 e. The van der Waals surface area contributed by atoms with Gasteiger partial charge < -0.3 is 9.42 Å². The van der Waals surface area contributed by atoms with E-state index in [1.54, 1.807) is 11.8 Å². The third kappa shape index (κ3) is 3.38. The lowest BCUT2D eigenvalue weighted by molar-refractivity contribution is 0.184. The molecule has 3 rings (SSSR count). The summed E-state index contributed by atoms with van der Waals surface area (Å²) < 4.78 is 9.35. The van der Waals surface area contributed by atoms with E-state index in [4.69, 9.17) is 4.52 Å². The fourth-order valence-electron chi connectivity index (χ4n) is 2.36. The lowest BCUT2D eigenvalue weighted by Gasteiger charge is -2.30. The Hall–Kier alpha value is -1.68. The predicted octanol–water partition coefficient (Wildman–Crippen LogP) is 2.36. The third-order valence-electron chi connectivity index (χ3n) is 3.40. The van der Waals surface area contributed by atoms with Crippen LogP contribution in [0.15, 0.2) is 9.68 Å². The van der Waals surface area contributed by atoms with Crippen molar-refractivity contribution in [3.8, 4) is 0 Å². The lowest BCUT2D eigenvalue weighted by atomic mass is 9.98. The number of amides is 2. The van der Waals surface area contributed by atoms with Crippen molar-refractivity contribution in [2.75, 3.05) is 24.7 Å². The van der Waals surface area contributed by atoms with Crippen LogP contribution in [0.1, 0.15) is 30.5 Å². The molecule has 2 aromatic rings. The second-order valence-corrected chi connectivity index (χ2v) is 6.51. The summed E-state index contributed by atoms with van der Waals surface area (Å²) in [7, 11) is 0. The number of carbonyl (C=O) groups excluding carboxylic acids is 1. The van der Waals surface area contributed by atoms with E-state index >= 15 is 0 Å². The number of likely N-dealkylation sites (tertiary alicyclic amines) is 1. The molecule has 1 aliphatic heterocycles. The fourth-order valence-corrected chi connectivity index (χ4v) is 3.47. The van der Waals surface area contributed by atoms with Crippen LogP contribution in [0.3, 0.4) is 0 Å². The van der Waals surface area contributed by atoms with Crippen LogP contribution in [0.2, 0.25) is 0 Å². The van der Waals surface area contributed by atoms with Gasteiger partial charge in [0.1, 0.15) is 0 Å². The second-order valence-electron chi connectivity index (χ2n) is 4.98. The molecule has 1 aliphatic rings. The van der Waals surface area contributed by atoms with Gasteiger partial charge in [-0.3, -0.25) is 5.32 Å². The lowest BCUT2D eigenvalue weighted by Crippen LogP contribution is -2.41. The SMILES string of the molecule is CSc1nsc(NC(=O)N2CCC[C@@H](c3nc(C)no3)C2)n1. The molecule has 2 amide bonds. The first kappa shape index (κ1) is 15.2. The molecule has 8 nitrogen and oxygen atoms in total.